The largest absolute Gasteiger partial charge is 0.394 e. The molecule has 0 aliphatic heterocycles. The van der Waals surface area contributed by atoms with Gasteiger partial charge in [-0.2, -0.15) is 0 Å². The first-order valence-electron chi connectivity index (χ1n) is 20.4. The quantitative estimate of drug-likeness (QED) is 0.207. The number of carbonyl (C=O) groups excluding carboxylic acids is 3. The van der Waals surface area contributed by atoms with Crippen LogP contribution in [0.1, 0.15) is 118 Å². The third-order valence-corrected chi connectivity index (χ3v) is 19.2. The second kappa shape index (κ2) is 11.7. The number of carbonyl (C=O) groups is 3. The number of Topliss-reactive ketones (excluding diaryl/α,β-unsaturated/α-hetero) is 3. The van der Waals surface area contributed by atoms with E-state index in [1.165, 1.54) is 0 Å². The molecular weight excluding hydrogens is 664 g/mol. The summed E-state index contributed by atoms with van der Waals surface area (Å²) < 4.78 is 0. The van der Waals surface area contributed by atoms with Crippen molar-refractivity contribution >= 4 is 17.3 Å². The van der Waals surface area contributed by atoms with E-state index in [-0.39, 0.29) is 59.9 Å². The van der Waals surface area contributed by atoms with Crippen molar-refractivity contribution in [1.29, 1.82) is 0 Å². The third kappa shape index (κ3) is 4.14. The van der Waals surface area contributed by atoms with Gasteiger partial charge in [-0.25, -0.2) is 0 Å². The van der Waals surface area contributed by atoms with Crippen molar-refractivity contribution in [2.24, 2.45) is 68.5 Å². The lowest BCUT2D eigenvalue weighted by molar-refractivity contribution is -0.286. The summed E-state index contributed by atoms with van der Waals surface area (Å²) in [5.74, 6) is -1.95. The molecule has 7 N–H and O–H groups in total. The molecule has 7 fully saturated rings. The van der Waals surface area contributed by atoms with Crippen LogP contribution in [-0.2, 0) is 14.4 Å². The Bertz CT molecular complexity index is 1580. The van der Waals surface area contributed by atoms with Gasteiger partial charge in [0.15, 0.2) is 11.6 Å². The van der Waals surface area contributed by atoms with Crippen LogP contribution in [0.4, 0.5) is 0 Å². The molecule has 290 valence electrons. The van der Waals surface area contributed by atoms with Crippen LogP contribution in [0, 0.1) is 68.5 Å². The molecular formula is C42H62O10. The van der Waals surface area contributed by atoms with E-state index >= 15 is 4.79 Å². The SMILES string of the molecule is C[C@]12CCC(=O)CC1CC[C@H]1[C@@H]3CC[C@](O)(C(=O)CO)[C@@]3(C)C[C@H](O)[C@@]12C1C(=O)C(O)C=C2CC[C@H]3[C@@H]4CC[C@](O)(C(O)CO)[C@@]4(C)CC[C@@H]3[C@]21C. The van der Waals surface area contributed by atoms with Gasteiger partial charge in [-0.3, -0.25) is 14.4 Å². The van der Waals surface area contributed by atoms with E-state index in [2.05, 4.69) is 20.8 Å². The van der Waals surface area contributed by atoms with Crippen LogP contribution in [0.2, 0.25) is 0 Å². The molecule has 17 atom stereocenters. The maximum Gasteiger partial charge on any atom is 0.190 e. The lowest BCUT2D eigenvalue weighted by atomic mass is 9.29. The molecule has 0 spiro atoms. The summed E-state index contributed by atoms with van der Waals surface area (Å²) in [6, 6.07) is 0. The summed E-state index contributed by atoms with van der Waals surface area (Å²) in [6.07, 6.45) is 5.25. The van der Waals surface area contributed by atoms with Crippen LogP contribution >= 0.6 is 0 Å². The molecule has 0 bridgehead atoms. The highest BCUT2D eigenvalue weighted by Crippen LogP contribution is 2.80. The van der Waals surface area contributed by atoms with Crippen molar-refractivity contribution < 1.29 is 50.1 Å². The Labute approximate surface area is 307 Å². The highest BCUT2D eigenvalue weighted by Gasteiger charge is 2.80. The molecule has 52 heavy (non-hydrogen) atoms. The van der Waals surface area contributed by atoms with Crippen molar-refractivity contribution in [3.05, 3.63) is 11.6 Å². The van der Waals surface area contributed by atoms with E-state index in [4.69, 9.17) is 0 Å². The normalized spacial score (nSPS) is 56.0. The maximum absolute atomic E-state index is 15.3. The molecule has 0 aromatic rings. The van der Waals surface area contributed by atoms with Gasteiger partial charge in [-0.05, 0) is 124 Å². The molecule has 0 amide bonds. The van der Waals surface area contributed by atoms with E-state index in [1.54, 1.807) is 6.08 Å². The highest BCUT2D eigenvalue weighted by atomic mass is 16.4. The van der Waals surface area contributed by atoms with Crippen molar-refractivity contribution in [1.82, 2.24) is 0 Å². The smallest absolute Gasteiger partial charge is 0.190 e. The second-order valence-corrected chi connectivity index (χ2v) is 20.0. The van der Waals surface area contributed by atoms with Crippen molar-refractivity contribution in [2.75, 3.05) is 13.2 Å². The van der Waals surface area contributed by atoms with Crippen molar-refractivity contribution in [3.63, 3.8) is 0 Å². The van der Waals surface area contributed by atoms with Crippen LogP contribution < -0.4 is 0 Å². The fraction of sp³-hybridized carbons (Fsp3) is 0.881. The van der Waals surface area contributed by atoms with Crippen LogP contribution in [0.5, 0.6) is 0 Å². The minimum atomic E-state index is -1.81. The zero-order valence-corrected chi connectivity index (χ0v) is 31.5. The topological polar surface area (TPSA) is 193 Å². The molecule has 8 aliphatic rings. The van der Waals surface area contributed by atoms with Gasteiger partial charge in [0.2, 0.25) is 0 Å². The van der Waals surface area contributed by atoms with Gasteiger partial charge < -0.3 is 35.7 Å². The Balaban J connectivity index is 1.31. The first-order chi connectivity index (χ1) is 24.4. The predicted molar refractivity (Wildman–Crippen MR) is 189 cm³/mol. The van der Waals surface area contributed by atoms with Gasteiger partial charge in [0.05, 0.1) is 18.3 Å². The minimum Gasteiger partial charge on any atom is -0.394 e. The Hall–Kier alpha value is -1.53. The zero-order valence-electron chi connectivity index (χ0n) is 31.5. The number of ketones is 3. The lowest BCUT2D eigenvalue weighted by Gasteiger charge is -2.74. The predicted octanol–water partition coefficient (Wildman–Crippen LogP) is 3.04. The summed E-state index contributed by atoms with van der Waals surface area (Å²) in [5.41, 5.74) is -6.33. The molecule has 8 rings (SSSR count). The van der Waals surface area contributed by atoms with Crippen LogP contribution in [0.3, 0.4) is 0 Å². The van der Waals surface area contributed by atoms with Gasteiger partial charge in [-0.1, -0.05) is 33.3 Å². The summed E-state index contributed by atoms with van der Waals surface area (Å²) in [5, 5.41) is 80.0. The molecule has 4 unspecified atom stereocenters. The van der Waals surface area contributed by atoms with E-state index in [0.717, 1.165) is 18.4 Å². The second-order valence-electron chi connectivity index (χ2n) is 20.0. The first kappa shape index (κ1) is 37.4. The maximum atomic E-state index is 15.3. The summed E-state index contributed by atoms with van der Waals surface area (Å²) in [4.78, 5) is 41.8. The first-order valence-corrected chi connectivity index (χ1v) is 20.4. The van der Waals surface area contributed by atoms with Crippen molar-refractivity contribution in [3.8, 4) is 0 Å². The summed E-state index contributed by atoms with van der Waals surface area (Å²) >= 11 is 0. The van der Waals surface area contributed by atoms with E-state index in [1.807, 2.05) is 6.92 Å². The summed E-state index contributed by atoms with van der Waals surface area (Å²) in [6.45, 7) is 7.02. The number of allylic oxidation sites excluding steroid dienone is 1. The molecule has 0 radical (unpaired) electrons. The van der Waals surface area contributed by atoms with Crippen molar-refractivity contribution in [2.45, 2.75) is 147 Å². The molecule has 0 heterocycles. The molecule has 8 aliphatic carbocycles. The monoisotopic (exact) mass is 726 g/mol. The zero-order chi connectivity index (χ0) is 37.6. The molecule has 0 aromatic carbocycles. The summed E-state index contributed by atoms with van der Waals surface area (Å²) in [7, 11) is 0. The number of hydrogen-bond acceptors (Lipinski definition) is 10. The Morgan fingerprint density at radius 2 is 1.50 bits per heavy atom. The minimum absolute atomic E-state index is 0.0122. The van der Waals surface area contributed by atoms with E-state index in [0.29, 0.717) is 64.2 Å². The van der Waals surface area contributed by atoms with Gasteiger partial charge in [0.1, 0.15) is 30.2 Å². The fourth-order valence-corrected chi connectivity index (χ4v) is 16.7. The number of rotatable bonds is 5. The average molecular weight is 727 g/mol. The highest BCUT2D eigenvalue weighted by molar-refractivity contribution is 5.92. The molecule has 0 aromatic heterocycles. The van der Waals surface area contributed by atoms with E-state index < -0.39 is 81.5 Å². The van der Waals surface area contributed by atoms with Gasteiger partial charge in [0, 0.05) is 40.4 Å². The Kier molecular flexibility index (Phi) is 8.45. The molecule has 0 saturated heterocycles. The molecule has 10 nitrogen and oxygen atoms in total. The Morgan fingerprint density at radius 1 is 0.808 bits per heavy atom. The number of fused-ring (bicyclic) bond motifs is 10. The van der Waals surface area contributed by atoms with Gasteiger partial charge in [-0.15, -0.1) is 0 Å². The standard InChI is InChI=1S/C42H62O10/c1-36-13-9-24(45)17-22(36)6-8-29-28-12-16-41(52,33(49)21-44)38(28,3)19-31(47)42(29,36)35-34(50)30(46)18-23-5-7-25-26-11-15-40(51,32(48)20-43)37(26,2)14-10-27(25)39(23,35)4/h18,22,25-32,35,43-44,46-48,51-52H,5-17,19-21H2,1-4H3/t22?,25-,26-,27-,28-,29-,30?,31-,32?,35?,36-,37-,38-,39-,40-,41-,42+/m0/s1. The molecule has 7 saturated carbocycles. The lowest BCUT2D eigenvalue weighted by Crippen LogP contribution is -2.75. The van der Waals surface area contributed by atoms with Crippen LogP contribution in [0.15, 0.2) is 11.6 Å². The number of aliphatic hydroxyl groups is 7. The Morgan fingerprint density at radius 3 is 2.19 bits per heavy atom. The number of aliphatic hydroxyl groups excluding tert-OH is 5. The fourth-order valence-electron chi connectivity index (χ4n) is 16.7. The molecule has 10 heteroatoms. The van der Waals surface area contributed by atoms with E-state index in [9.17, 15) is 45.3 Å². The van der Waals surface area contributed by atoms with Crippen LogP contribution in [0.25, 0.3) is 0 Å². The van der Waals surface area contributed by atoms with Gasteiger partial charge >= 0.3 is 0 Å². The third-order valence-electron chi connectivity index (χ3n) is 19.2. The number of hydrogen-bond donors (Lipinski definition) is 7. The van der Waals surface area contributed by atoms with Gasteiger partial charge in [0.25, 0.3) is 0 Å². The average Bonchev–Trinajstić information content (AvgIpc) is 3.54. The van der Waals surface area contributed by atoms with Crippen LogP contribution in [-0.4, -0.2) is 95.8 Å².